The average molecular weight is 249 g/mol. The highest BCUT2D eigenvalue weighted by atomic mass is 32.2. The van der Waals surface area contributed by atoms with Crippen LogP contribution in [0.4, 0.5) is 0 Å². The van der Waals surface area contributed by atoms with E-state index in [0.29, 0.717) is 5.92 Å². The third-order valence-electron chi connectivity index (χ3n) is 2.64. The number of esters is 1. The number of ether oxygens (including phenoxy) is 1. The lowest BCUT2D eigenvalue weighted by atomic mass is 10.2. The zero-order valence-electron chi connectivity index (χ0n) is 9.73. The molecule has 1 saturated carbocycles. The summed E-state index contributed by atoms with van der Waals surface area (Å²) in [7, 11) is -1.60. The van der Waals surface area contributed by atoms with Gasteiger partial charge in [-0.3, -0.25) is 4.79 Å². The molecule has 94 valence electrons. The molecule has 0 aromatic heterocycles. The van der Waals surface area contributed by atoms with Gasteiger partial charge in [-0.15, -0.1) is 0 Å². The van der Waals surface area contributed by atoms with Crippen LogP contribution < -0.4 is 5.32 Å². The maximum absolute atomic E-state index is 11.7. The number of nitrogens with one attached hydrogen (secondary N) is 1. The Kier molecular flexibility index (Phi) is 4.73. The van der Waals surface area contributed by atoms with Gasteiger partial charge in [0.25, 0.3) is 0 Å². The van der Waals surface area contributed by atoms with Gasteiger partial charge in [0.05, 0.1) is 12.4 Å². The number of sulfone groups is 1. The standard InChI is InChI=1S/C10H19NO4S/c1-3-15-10(12)7-16(13,14)6-9(11-2)8-4-5-8/h8-9,11H,3-7H2,1-2H3. The first-order valence-corrected chi connectivity index (χ1v) is 7.34. The van der Waals surface area contributed by atoms with E-state index in [1.807, 2.05) is 0 Å². The molecule has 1 N–H and O–H groups in total. The second-order valence-corrected chi connectivity index (χ2v) is 6.20. The minimum Gasteiger partial charge on any atom is -0.465 e. The average Bonchev–Trinajstić information content (AvgIpc) is 2.96. The van der Waals surface area contributed by atoms with Gasteiger partial charge in [0.2, 0.25) is 0 Å². The predicted octanol–water partition coefficient (Wildman–Crippen LogP) is -0.0377. The van der Waals surface area contributed by atoms with Gasteiger partial charge in [-0.2, -0.15) is 0 Å². The van der Waals surface area contributed by atoms with Crippen LogP contribution >= 0.6 is 0 Å². The smallest absolute Gasteiger partial charge is 0.321 e. The van der Waals surface area contributed by atoms with Crippen LogP contribution in [0.25, 0.3) is 0 Å². The summed E-state index contributed by atoms with van der Waals surface area (Å²) in [6, 6.07) is -0.0283. The van der Waals surface area contributed by atoms with Crippen molar-refractivity contribution in [2.75, 3.05) is 25.2 Å². The molecule has 0 heterocycles. The maximum atomic E-state index is 11.7. The molecule has 1 unspecified atom stereocenters. The van der Waals surface area contributed by atoms with Crippen LogP contribution in [-0.4, -0.2) is 45.6 Å². The third kappa shape index (κ3) is 4.49. The fraction of sp³-hybridized carbons (Fsp3) is 0.900. The van der Waals surface area contributed by atoms with Gasteiger partial charge in [0.1, 0.15) is 5.75 Å². The minimum absolute atomic E-state index is 0.0208. The number of hydrogen-bond acceptors (Lipinski definition) is 5. The van der Waals surface area contributed by atoms with Gasteiger partial charge in [0, 0.05) is 6.04 Å². The van der Waals surface area contributed by atoms with E-state index in [2.05, 4.69) is 10.1 Å². The first-order valence-electron chi connectivity index (χ1n) is 5.52. The Morgan fingerprint density at radius 3 is 2.56 bits per heavy atom. The van der Waals surface area contributed by atoms with Crippen molar-refractivity contribution >= 4 is 15.8 Å². The molecule has 1 fully saturated rings. The summed E-state index contributed by atoms with van der Waals surface area (Å²) in [5.74, 6) is -0.700. The third-order valence-corrected chi connectivity index (χ3v) is 4.18. The molecule has 0 aromatic carbocycles. The Morgan fingerprint density at radius 2 is 2.12 bits per heavy atom. The monoisotopic (exact) mass is 249 g/mol. The van der Waals surface area contributed by atoms with Crippen LogP contribution in [0.3, 0.4) is 0 Å². The van der Waals surface area contributed by atoms with Crippen molar-refractivity contribution in [3.05, 3.63) is 0 Å². The van der Waals surface area contributed by atoms with E-state index in [9.17, 15) is 13.2 Å². The van der Waals surface area contributed by atoms with E-state index in [1.54, 1.807) is 14.0 Å². The van der Waals surface area contributed by atoms with E-state index in [0.717, 1.165) is 12.8 Å². The van der Waals surface area contributed by atoms with E-state index in [1.165, 1.54) is 0 Å². The molecule has 0 spiro atoms. The molecule has 0 saturated heterocycles. The number of hydrogen-bond donors (Lipinski definition) is 1. The number of carbonyl (C=O) groups is 1. The number of rotatable bonds is 7. The lowest BCUT2D eigenvalue weighted by Crippen LogP contribution is -2.37. The molecule has 16 heavy (non-hydrogen) atoms. The molecule has 1 rings (SSSR count). The molecule has 1 atom stereocenters. The first-order chi connectivity index (χ1) is 7.48. The summed E-state index contributed by atoms with van der Waals surface area (Å²) in [6.45, 7) is 1.87. The minimum atomic E-state index is -3.36. The van der Waals surface area contributed by atoms with Crippen LogP contribution in [0.2, 0.25) is 0 Å². The molecular formula is C10H19NO4S. The van der Waals surface area contributed by atoms with Gasteiger partial charge < -0.3 is 10.1 Å². The molecule has 0 aliphatic heterocycles. The molecule has 0 radical (unpaired) electrons. The van der Waals surface area contributed by atoms with Gasteiger partial charge in [0.15, 0.2) is 9.84 Å². The summed E-state index contributed by atoms with van der Waals surface area (Å²) in [4.78, 5) is 11.1. The van der Waals surface area contributed by atoms with Crippen molar-refractivity contribution < 1.29 is 17.9 Å². The summed E-state index contributed by atoms with van der Waals surface area (Å²) < 4.78 is 28.0. The topological polar surface area (TPSA) is 72.5 Å². The quantitative estimate of drug-likeness (QED) is 0.641. The highest BCUT2D eigenvalue weighted by Gasteiger charge is 2.34. The van der Waals surface area contributed by atoms with Crippen molar-refractivity contribution in [1.29, 1.82) is 0 Å². The molecular weight excluding hydrogens is 230 g/mol. The molecule has 1 aliphatic carbocycles. The fourth-order valence-electron chi connectivity index (χ4n) is 1.67. The van der Waals surface area contributed by atoms with Crippen molar-refractivity contribution in [2.24, 2.45) is 5.92 Å². The van der Waals surface area contributed by atoms with Gasteiger partial charge >= 0.3 is 5.97 Å². The lowest BCUT2D eigenvalue weighted by molar-refractivity contribution is -0.139. The summed E-state index contributed by atoms with van der Waals surface area (Å²) in [5, 5.41) is 2.99. The molecule has 1 aliphatic rings. The van der Waals surface area contributed by atoms with Crippen LogP contribution in [-0.2, 0) is 19.4 Å². The van der Waals surface area contributed by atoms with Crippen molar-refractivity contribution in [3.8, 4) is 0 Å². The molecule has 5 nitrogen and oxygen atoms in total. The van der Waals surface area contributed by atoms with Gasteiger partial charge in [-0.25, -0.2) is 8.42 Å². The largest absolute Gasteiger partial charge is 0.465 e. The van der Waals surface area contributed by atoms with Crippen molar-refractivity contribution in [3.63, 3.8) is 0 Å². The second-order valence-electron chi connectivity index (χ2n) is 4.09. The summed E-state index contributed by atoms with van der Waals surface area (Å²) >= 11 is 0. The Labute approximate surface area is 96.5 Å². The zero-order valence-corrected chi connectivity index (χ0v) is 10.5. The molecule has 0 bridgehead atoms. The Bertz CT molecular complexity index is 335. The van der Waals surface area contributed by atoms with Gasteiger partial charge in [-0.05, 0) is 32.7 Å². The van der Waals surface area contributed by atoms with Crippen LogP contribution in [0.15, 0.2) is 0 Å². The van der Waals surface area contributed by atoms with Crippen molar-refractivity contribution in [1.82, 2.24) is 5.32 Å². The van der Waals surface area contributed by atoms with Crippen LogP contribution in [0.1, 0.15) is 19.8 Å². The predicted molar refractivity (Wildman–Crippen MR) is 60.9 cm³/mol. The highest BCUT2D eigenvalue weighted by molar-refractivity contribution is 7.92. The number of carbonyl (C=O) groups excluding carboxylic acids is 1. The lowest BCUT2D eigenvalue weighted by Gasteiger charge is -2.14. The normalized spacial score (nSPS) is 18.1. The van der Waals surface area contributed by atoms with Gasteiger partial charge in [-0.1, -0.05) is 0 Å². The van der Waals surface area contributed by atoms with E-state index in [4.69, 9.17) is 0 Å². The van der Waals surface area contributed by atoms with E-state index < -0.39 is 21.6 Å². The fourth-order valence-corrected chi connectivity index (χ4v) is 3.21. The Hall–Kier alpha value is -0.620. The van der Waals surface area contributed by atoms with E-state index in [-0.39, 0.29) is 18.4 Å². The SMILES string of the molecule is CCOC(=O)CS(=O)(=O)CC(NC)C1CC1. The van der Waals surface area contributed by atoms with Crippen LogP contribution in [0.5, 0.6) is 0 Å². The first kappa shape index (κ1) is 13.4. The highest BCUT2D eigenvalue weighted by Crippen LogP contribution is 2.33. The van der Waals surface area contributed by atoms with E-state index >= 15 is 0 Å². The maximum Gasteiger partial charge on any atom is 0.321 e. The molecule has 6 heteroatoms. The molecule has 0 amide bonds. The van der Waals surface area contributed by atoms with Crippen LogP contribution in [0, 0.1) is 5.92 Å². The Morgan fingerprint density at radius 1 is 1.50 bits per heavy atom. The Balaban J connectivity index is 2.46. The zero-order chi connectivity index (χ0) is 12.2. The second kappa shape index (κ2) is 5.63. The summed E-state index contributed by atoms with van der Waals surface area (Å²) in [5.41, 5.74) is 0. The van der Waals surface area contributed by atoms with Crippen molar-refractivity contribution in [2.45, 2.75) is 25.8 Å². The summed E-state index contributed by atoms with van der Waals surface area (Å²) in [6.07, 6.45) is 2.14. The molecule has 0 aromatic rings.